The molecule has 0 aromatic heterocycles. The Morgan fingerprint density at radius 2 is 1.96 bits per heavy atom. The lowest BCUT2D eigenvalue weighted by molar-refractivity contribution is -0.125. The molecule has 1 fully saturated rings. The molecule has 1 aromatic carbocycles. The average Bonchev–Trinajstić information content (AvgIpc) is 2.73. The molecular formula is C22H31ClN2O. The Morgan fingerprint density at radius 3 is 2.58 bits per heavy atom. The minimum Gasteiger partial charge on any atom is -0.351 e. The number of halogens is 1. The minimum atomic E-state index is -0.952. The number of amides is 1. The number of hydrogen-bond acceptors (Lipinski definition) is 2. The molecular weight excluding hydrogens is 344 g/mol. The number of rotatable bonds is 6. The van der Waals surface area contributed by atoms with Gasteiger partial charge >= 0.3 is 0 Å². The van der Waals surface area contributed by atoms with Crippen molar-refractivity contribution in [2.75, 3.05) is 26.2 Å². The second-order valence-corrected chi connectivity index (χ2v) is 8.20. The highest BCUT2D eigenvalue weighted by Gasteiger charge is 2.45. The van der Waals surface area contributed by atoms with E-state index < -0.39 is 4.87 Å². The zero-order valence-corrected chi connectivity index (χ0v) is 16.6. The number of likely N-dealkylation sites (N-methyl/N-ethyl adjacent to an activating group) is 1. The largest absolute Gasteiger partial charge is 0.351 e. The molecule has 3 nitrogen and oxygen atoms in total. The summed E-state index contributed by atoms with van der Waals surface area (Å²) in [7, 11) is 0. The van der Waals surface area contributed by atoms with E-state index >= 15 is 0 Å². The van der Waals surface area contributed by atoms with Crippen LogP contribution in [0.4, 0.5) is 0 Å². The molecule has 142 valence electrons. The summed E-state index contributed by atoms with van der Waals surface area (Å²) in [5.41, 5.74) is 2.25. The van der Waals surface area contributed by atoms with Gasteiger partial charge in [0.25, 0.3) is 0 Å². The molecule has 0 spiro atoms. The molecule has 1 N–H and O–H groups in total. The molecule has 1 unspecified atom stereocenters. The second kappa shape index (κ2) is 9.05. The summed E-state index contributed by atoms with van der Waals surface area (Å²) in [5.74, 6) is 0.173. The number of hydrogen-bond donors (Lipinski definition) is 1. The van der Waals surface area contributed by atoms with E-state index in [1.54, 1.807) is 0 Å². The van der Waals surface area contributed by atoms with Crippen LogP contribution >= 0.6 is 11.6 Å². The molecule has 3 rings (SSSR count). The van der Waals surface area contributed by atoms with Gasteiger partial charge in [-0.25, -0.2) is 0 Å². The van der Waals surface area contributed by atoms with Crippen LogP contribution in [-0.4, -0.2) is 37.0 Å². The molecule has 1 atom stereocenters. The molecule has 1 aliphatic carbocycles. The summed E-state index contributed by atoms with van der Waals surface area (Å²) in [4.78, 5) is 14.7. The van der Waals surface area contributed by atoms with Crippen LogP contribution in [0.1, 0.15) is 51.0 Å². The fourth-order valence-corrected chi connectivity index (χ4v) is 4.67. The Labute approximate surface area is 162 Å². The van der Waals surface area contributed by atoms with Crippen molar-refractivity contribution in [1.82, 2.24) is 10.2 Å². The molecule has 1 amide bonds. The SMILES string of the molecule is CCN1CC=C(CNC(=O)C(Cl)(c2ccccc2)C2CCCCC2)CC1. The monoisotopic (exact) mass is 374 g/mol. The first kappa shape index (κ1) is 19.4. The first-order valence-corrected chi connectivity index (χ1v) is 10.5. The Balaban J connectivity index is 1.72. The summed E-state index contributed by atoms with van der Waals surface area (Å²) in [6.07, 6.45) is 8.92. The molecule has 0 saturated heterocycles. The fourth-order valence-electron chi connectivity index (χ4n) is 4.26. The molecule has 2 aliphatic rings. The third kappa shape index (κ3) is 4.32. The summed E-state index contributed by atoms with van der Waals surface area (Å²) in [5, 5.41) is 3.16. The van der Waals surface area contributed by atoms with E-state index in [9.17, 15) is 4.79 Å². The summed E-state index contributed by atoms with van der Waals surface area (Å²) in [6, 6.07) is 9.93. The number of carbonyl (C=O) groups is 1. The highest BCUT2D eigenvalue weighted by molar-refractivity contribution is 6.35. The van der Waals surface area contributed by atoms with Gasteiger partial charge in [-0.3, -0.25) is 9.69 Å². The second-order valence-electron chi connectivity index (χ2n) is 7.60. The van der Waals surface area contributed by atoms with Gasteiger partial charge in [-0.1, -0.05) is 68.2 Å². The van der Waals surface area contributed by atoms with Crippen LogP contribution in [0.25, 0.3) is 0 Å². The highest BCUT2D eigenvalue weighted by atomic mass is 35.5. The van der Waals surface area contributed by atoms with E-state index in [-0.39, 0.29) is 11.8 Å². The van der Waals surface area contributed by atoms with Gasteiger partial charge < -0.3 is 5.32 Å². The van der Waals surface area contributed by atoms with Gasteiger partial charge in [-0.2, -0.15) is 0 Å². The number of alkyl halides is 1. The molecule has 1 aliphatic heterocycles. The van der Waals surface area contributed by atoms with E-state index in [4.69, 9.17) is 11.6 Å². The van der Waals surface area contributed by atoms with Crippen LogP contribution in [0.2, 0.25) is 0 Å². The molecule has 26 heavy (non-hydrogen) atoms. The van der Waals surface area contributed by atoms with Gasteiger partial charge in [-0.15, -0.1) is 11.6 Å². The average molecular weight is 375 g/mol. The van der Waals surface area contributed by atoms with Crippen LogP contribution in [0.15, 0.2) is 42.0 Å². The topological polar surface area (TPSA) is 32.3 Å². The lowest BCUT2D eigenvalue weighted by Gasteiger charge is -2.37. The number of nitrogens with one attached hydrogen (secondary N) is 1. The van der Waals surface area contributed by atoms with Crippen LogP contribution in [0.3, 0.4) is 0 Å². The third-order valence-electron chi connectivity index (χ3n) is 6.00. The zero-order valence-electron chi connectivity index (χ0n) is 15.8. The zero-order chi connectivity index (χ0) is 18.4. The van der Waals surface area contributed by atoms with Gasteiger partial charge in [-0.05, 0) is 37.3 Å². The van der Waals surface area contributed by atoms with Gasteiger partial charge in [0, 0.05) is 19.6 Å². The first-order chi connectivity index (χ1) is 12.6. The van der Waals surface area contributed by atoms with Crippen LogP contribution in [0, 0.1) is 5.92 Å². The summed E-state index contributed by atoms with van der Waals surface area (Å²) >= 11 is 7.12. The van der Waals surface area contributed by atoms with Gasteiger partial charge in [0.15, 0.2) is 4.87 Å². The molecule has 0 radical (unpaired) electrons. The molecule has 1 heterocycles. The lowest BCUT2D eigenvalue weighted by atomic mass is 9.75. The normalized spacial score (nSPS) is 21.7. The van der Waals surface area contributed by atoms with E-state index in [1.165, 1.54) is 12.0 Å². The third-order valence-corrected chi connectivity index (χ3v) is 6.70. The number of benzene rings is 1. The van der Waals surface area contributed by atoms with E-state index in [0.717, 1.165) is 57.3 Å². The maximum atomic E-state index is 13.2. The Morgan fingerprint density at radius 1 is 1.23 bits per heavy atom. The van der Waals surface area contributed by atoms with Crippen molar-refractivity contribution < 1.29 is 4.79 Å². The van der Waals surface area contributed by atoms with Gasteiger partial charge in [0.05, 0.1) is 0 Å². The maximum absolute atomic E-state index is 13.2. The first-order valence-electron chi connectivity index (χ1n) is 10.1. The van der Waals surface area contributed by atoms with Gasteiger partial charge in [0.2, 0.25) is 5.91 Å². The molecule has 0 bridgehead atoms. The standard InChI is InChI=1S/C22H31ClN2O/c1-2-25-15-13-18(14-16-25)17-24-21(26)22(23,19-9-5-3-6-10-19)20-11-7-4-8-12-20/h3,5-6,9-10,13,20H,2,4,7-8,11-12,14-17H2,1H3,(H,24,26). The van der Waals surface area contributed by atoms with Crippen molar-refractivity contribution in [3.63, 3.8) is 0 Å². The Kier molecular flexibility index (Phi) is 6.77. The number of carbonyl (C=O) groups excluding carboxylic acids is 1. The van der Waals surface area contributed by atoms with Crippen LogP contribution in [-0.2, 0) is 9.67 Å². The Bertz CT molecular complexity index is 624. The molecule has 4 heteroatoms. The predicted octanol–water partition coefficient (Wildman–Crippen LogP) is 4.47. The molecule has 1 saturated carbocycles. The van der Waals surface area contributed by atoms with Crippen molar-refractivity contribution >= 4 is 17.5 Å². The van der Waals surface area contributed by atoms with E-state index in [2.05, 4.69) is 23.2 Å². The minimum absolute atomic E-state index is 0.0314. The van der Waals surface area contributed by atoms with Crippen molar-refractivity contribution in [3.8, 4) is 0 Å². The summed E-state index contributed by atoms with van der Waals surface area (Å²) < 4.78 is 0. The lowest BCUT2D eigenvalue weighted by Crippen LogP contribution is -2.47. The quantitative estimate of drug-likeness (QED) is 0.588. The van der Waals surface area contributed by atoms with Crippen LogP contribution in [0.5, 0.6) is 0 Å². The predicted molar refractivity (Wildman–Crippen MR) is 108 cm³/mol. The highest BCUT2D eigenvalue weighted by Crippen LogP contribution is 2.44. The van der Waals surface area contributed by atoms with Gasteiger partial charge in [0.1, 0.15) is 0 Å². The van der Waals surface area contributed by atoms with E-state index in [1.807, 2.05) is 30.3 Å². The molecule has 1 aromatic rings. The fraction of sp³-hybridized carbons (Fsp3) is 0.591. The smallest absolute Gasteiger partial charge is 0.246 e. The van der Waals surface area contributed by atoms with Crippen molar-refractivity contribution in [1.29, 1.82) is 0 Å². The number of nitrogens with zero attached hydrogens (tertiary/aromatic N) is 1. The Hall–Kier alpha value is -1.32. The van der Waals surface area contributed by atoms with Crippen molar-refractivity contribution in [3.05, 3.63) is 47.5 Å². The maximum Gasteiger partial charge on any atom is 0.246 e. The van der Waals surface area contributed by atoms with E-state index in [0.29, 0.717) is 6.54 Å². The van der Waals surface area contributed by atoms with Crippen LogP contribution < -0.4 is 5.32 Å². The van der Waals surface area contributed by atoms with Crippen molar-refractivity contribution in [2.45, 2.75) is 50.3 Å². The van der Waals surface area contributed by atoms with Crippen molar-refractivity contribution in [2.24, 2.45) is 5.92 Å². The summed E-state index contributed by atoms with van der Waals surface area (Å²) in [6.45, 7) is 5.94.